The molecule has 1 fully saturated rings. The number of benzene rings is 1. The first-order valence-corrected chi connectivity index (χ1v) is 6.79. The van der Waals surface area contributed by atoms with Gasteiger partial charge in [-0.15, -0.1) is 0 Å². The lowest BCUT2D eigenvalue weighted by Gasteiger charge is -2.35. The molecule has 2 amide bonds. The number of hydrogen-bond acceptors (Lipinski definition) is 4. The molecular formula is C15H18N2O4. The predicted octanol–water partition coefficient (Wildman–Crippen LogP) is 0.467. The van der Waals surface area contributed by atoms with Gasteiger partial charge in [-0.1, -0.05) is 30.3 Å². The van der Waals surface area contributed by atoms with Gasteiger partial charge in [-0.05, 0) is 12.0 Å². The summed E-state index contributed by atoms with van der Waals surface area (Å²) in [6.45, 7) is 0.360. The molecule has 1 aliphatic heterocycles. The van der Waals surface area contributed by atoms with Crippen LogP contribution < -0.4 is 5.32 Å². The highest BCUT2D eigenvalue weighted by Crippen LogP contribution is 2.16. The summed E-state index contributed by atoms with van der Waals surface area (Å²) in [6, 6.07) is 8.82. The highest BCUT2D eigenvalue weighted by atomic mass is 16.5. The molecule has 0 bridgehead atoms. The maximum absolute atomic E-state index is 12.1. The van der Waals surface area contributed by atoms with Crippen LogP contribution in [0, 0.1) is 0 Å². The first-order valence-electron chi connectivity index (χ1n) is 6.79. The highest BCUT2D eigenvalue weighted by molar-refractivity contribution is 5.95. The van der Waals surface area contributed by atoms with Crippen molar-refractivity contribution in [2.45, 2.75) is 25.4 Å². The van der Waals surface area contributed by atoms with Gasteiger partial charge in [0, 0.05) is 13.0 Å². The van der Waals surface area contributed by atoms with Crippen molar-refractivity contribution in [3.63, 3.8) is 0 Å². The van der Waals surface area contributed by atoms with Gasteiger partial charge in [-0.25, -0.2) is 0 Å². The molecule has 0 aliphatic carbocycles. The summed E-state index contributed by atoms with van der Waals surface area (Å²) in [6.07, 6.45) is 0.365. The Labute approximate surface area is 123 Å². The third-order valence-electron chi connectivity index (χ3n) is 3.46. The van der Waals surface area contributed by atoms with Crippen LogP contribution in [0.25, 0.3) is 0 Å². The molecule has 1 aromatic rings. The lowest BCUT2D eigenvalue weighted by atomic mass is 10.0. The van der Waals surface area contributed by atoms with Crippen LogP contribution in [0.2, 0.25) is 0 Å². The zero-order chi connectivity index (χ0) is 15.2. The van der Waals surface area contributed by atoms with Gasteiger partial charge in [-0.2, -0.15) is 0 Å². The molecule has 1 heterocycles. The van der Waals surface area contributed by atoms with Crippen LogP contribution in [-0.4, -0.2) is 42.4 Å². The molecule has 1 saturated heterocycles. The number of piperazine rings is 1. The van der Waals surface area contributed by atoms with E-state index in [1.807, 2.05) is 30.3 Å². The van der Waals surface area contributed by atoms with Crippen molar-refractivity contribution in [1.82, 2.24) is 10.2 Å². The summed E-state index contributed by atoms with van der Waals surface area (Å²) in [7, 11) is 1.30. The van der Waals surface area contributed by atoms with Gasteiger partial charge in [0.1, 0.15) is 6.04 Å². The second-order valence-corrected chi connectivity index (χ2v) is 4.86. The Morgan fingerprint density at radius 1 is 1.33 bits per heavy atom. The summed E-state index contributed by atoms with van der Waals surface area (Å²) in [5.41, 5.74) is 0.948. The van der Waals surface area contributed by atoms with Gasteiger partial charge in [-0.3, -0.25) is 14.4 Å². The fourth-order valence-corrected chi connectivity index (χ4v) is 2.32. The standard InChI is InChI=1S/C15H18N2O4/c1-21-14(19)8-7-12-15(20)16-9-13(18)17(12)10-11-5-3-2-4-6-11/h2-6,12H,7-10H2,1H3,(H,16,20). The number of rotatable bonds is 5. The van der Waals surface area contributed by atoms with Crippen LogP contribution in [0.4, 0.5) is 0 Å². The predicted molar refractivity (Wildman–Crippen MR) is 75.0 cm³/mol. The number of carbonyl (C=O) groups excluding carboxylic acids is 3. The Morgan fingerprint density at radius 2 is 2.05 bits per heavy atom. The molecule has 0 saturated carbocycles. The monoisotopic (exact) mass is 290 g/mol. The third kappa shape index (κ3) is 3.81. The van der Waals surface area contributed by atoms with Crippen LogP contribution in [-0.2, 0) is 25.7 Å². The van der Waals surface area contributed by atoms with Crippen LogP contribution in [0.1, 0.15) is 18.4 Å². The average Bonchev–Trinajstić information content (AvgIpc) is 2.51. The maximum atomic E-state index is 12.1. The second kappa shape index (κ2) is 6.88. The minimum Gasteiger partial charge on any atom is -0.469 e. The largest absolute Gasteiger partial charge is 0.469 e. The zero-order valence-electron chi connectivity index (χ0n) is 11.9. The lowest BCUT2D eigenvalue weighted by Crippen LogP contribution is -2.57. The molecule has 2 rings (SSSR count). The van der Waals surface area contributed by atoms with Gasteiger partial charge in [0.15, 0.2) is 0 Å². The lowest BCUT2D eigenvalue weighted by molar-refractivity contribution is -0.148. The van der Waals surface area contributed by atoms with E-state index in [1.165, 1.54) is 12.0 Å². The van der Waals surface area contributed by atoms with Crippen molar-refractivity contribution < 1.29 is 19.1 Å². The normalized spacial score (nSPS) is 18.3. The Kier molecular flexibility index (Phi) is 4.92. The smallest absolute Gasteiger partial charge is 0.305 e. The van der Waals surface area contributed by atoms with Gasteiger partial charge in [0.25, 0.3) is 0 Å². The minimum absolute atomic E-state index is 0.000388. The molecule has 1 unspecified atom stereocenters. The number of amides is 2. The molecule has 1 aromatic carbocycles. The van der Waals surface area contributed by atoms with Gasteiger partial charge in [0.2, 0.25) is 11.8 Å². The first-order chi connectivity index (χ1) is 10.1. The van der Waals surface area contributed by atoms with E-state index in [0.29, 0.717) is 6.54 Å². The number of esters is 1. The molecular weight excluding hydrogens is 272 g/mol. The number of ether oxygens (including phenoxy) is 1. The molecule has 0 radical (unpaired) electrons. The van der Waals surface area contributed by atoms with Crippen molar-refractivity contribution in [2.24, 2.45) is 0 Å². The van der Waals surface area contributed by atoms with Crippen molar-refractivity contribution in [2.75, 3.05) is 13.7 Å². The van der Waals surface area contributed by atoms with E-state index in [0.717, 1.165) is 5.56 Å². The second-order valence-electron chi connectivity index (χ2n) is 4.86. The molecule has 1 aliphatic rings. The molecule has 0 spiro atoms. The molecule has 1 N–H and O–H groups in total. The van der Waals surface area contributed by atoms with Gasteiger partial charge < -0.3 is 15.0 Å². The van der Waals surface area contributed by atoms with E-state index in [-0.39, 0.29) is 37.2 Å². The molecule has 1 atom stereocenters. The van der Waals surface area contributed by atoms with Crippen LogP contribution >= 0.6 is 0 Å². The fraction of sp³-hybridized carbons (Fsp3) is 0.400. The molecule has 112 valence electrons. The van der Waals surface area contributed by atoms with Crippen molar-refractivity contribution in [3.8, 4) is 0 Å². The summed E-state index contributed by atoms with van der Waals surface area (Å²) in [5.74, 6) is -0.761. The molecule has 21 heavy (non-hydrogen) atoms. The quantitative estimate of drug-likeness (QED) is 0.800. The van der Waals surface area contributed by atoms with E-state index in [4.69, 9.17) is 0 Å². The maximum Gasteiger partial charge on any atom is 0.305 e. The third-order valence-corrected chi connectivity index (χ3v) is 3.46. The van der Waals surface area contributed by atoms with Gasteiger partial charge in [0.05, 0.1) is 13.7 Å². The summed E-state index contributed by atoms with van der Waals surface area (Å²) in [5, 5.41) is 2.56. The Bertz CT molecular complexity index is 530. The van der Waals surface area contributed by atoms with Crippen LogP contribution in [0.3, 0.4) is 0 Å². The number of nitrogens with one attached hydrogen (secondary N) is 1. The summed E-state index contributed by atoms with van der Waals surface area (Å²) < 4.78 is 4.58. The number of nitrogens with zero attached hydrogens (tertiary/aromatic N) is 1. The molecule has 6 nitrogen and oxygen atoms in total. The van der Waals surface area contributed by atoms with Crippen molar-refractivity contribution in [1.29, 1.82) is 0 Å². The number of hydrogen-bond donors (Lipinski definition) is 1. The summed E-state index contributed by atoms with van der Waals surface area (Å²) >= 11 is 0. The van der Waals surface area contributed by atoms with E-state index < -0.39 is 6.04 Å². The Hall–Kier alpha value is -2.37. The van der Waals surface area contributed by atoms with Crippen molar-refractivity contribution in [3.05, 3.63) is 35.9 Å². The SMILES string of the molecule is COC(=O)CCC1C(=O)NCC(=O)N1Cc1ccccc1. The fourth-order valence-electron chi connectivity index (χ4n) is 2.32. The minimum atomic E-state index is -0.634. The number of methoxy groups -OCH3 is 1. The van der Waals surface area contributed by atoms with Crippen LogP contribution in [0.5, 0.6) is 0 Å². The Morgan fingerprint density at radius 3 is 2.71 bits per heavy atom. The van der Waals surface area contributed by atoms with Crippen LogP contribution in [0.15, 0.2) is 30.3 Å². The van der Waals surface area contributed by atoms with E-state index in [9.17, 15) is 14.4 Å². The number of carbonyl (C=O) groups is 3. The van der Waals surface area contributed by atoms with E-state index in [1.54, 1.807) is 0 Å². The highest BCUT2D eigenvalue weighted by Gasteiger charge is 2.34. The Balaban J connectivity index is 2.10. The first kappa shape index (κ1) is 15.0. The molecule has 6 heteroatoms. The van der Waals surface area contributed by atoms with Gasteiger partial charge >= 0.3 is 5.97 Å². The topological polar surface area (TPSA) is 75.7 Å². The van der Waals surface area contributed by atoms with E-state index >= 15 is 0 Å². The zero-order valence-corrected chi connectivity index (χ0v) is 11.9. The summed E-state index contributed by atoms with van der Waals surface area (Å²) in [4.78, 5) is 36.8. The van der Waals surface area contributed by atoms with Crippen molar-refractivity contribution >= 4 is 17.8 Å². The molecule has 0 aromatic heterocycles. The average molecular weight is 290 g/mol. The van der Waals surface area contributed by atoms with E-state index in [2.05, 4.69) is 10.1 Å².